The minimum Gasteiger partial charge on any atom is -0.487 e. The molecule has 2 aliphatic rings. The quantitative estimate of drug-likeness (QED) is 0.550. The highest BCUT2D eigenvalue weighted by Gasteiger charge is 2.33. The monoisotopic (exact) mass is 461 g/mol. The van der Waals surface area contributed by atoms with Crippen molar-refractivity contribution >= 4 is 22.9 Å². The second-order valence-corrected chi connectivity index (χ2v) is 9.16. The second-order valence-electron chi connectivity index (χ2n) is 9.16. The molecular formula is C24H27N7O3. The van der Waals surface area contributed by atoms with Gasteiger partial charge in [-0.25, -0.2) is 9.97 Å². The number of nitrogens with one attached hydrogen (secondary N) is 1. The number of ether oxygens (including phenoxy) is 1. The van der Waals surface area contributed by atoms with Crippen LogP contribution < -0.4 is 20.7 Å². The first-order valence-electron chi connectivity index (χ1n) is 11.3. The fourth-order valence-electron chi connectivity index (χ4n) is 4.61. The number of rotatable bonds is 5. The Labute approximate surface area is 197 Å². The average Bonchev–Trinajstić information content (AvgIpc) is 3.46. The summed E-state index contributed by atoms with van der Waals surface area (Å²) in [6.45, 7) is 5.67. The number of nitrogens with zero attached hydrogens (tertiary/aromatic N) is 5. The number of fused-ring (bicyclic) bond motifs is 1. The highest BCUT2D eigenvalue weighted by atomic mass is 16.5. The lowest BCUT2D eigenvalue weighted by atomic mass is 9.95. The fourth-order valence-corrected chi connectivity index (χ4v) is 4.61. The van der Waals surface area contributed by atoms with Crippen LogP contribution >= 0.6 is 0 Å². The number of carbonyl (C=O) groups is 1. The van der Waals surface area contributed by atoms with Crippen LogP contribution in [0.15, 0.2) is 47.6 Å². The van der Waals surface area contributed by atoms with Gasteiger partial charge in [0.25, 0.3) is 5.91 Å². The molecule has 1 saturated heterocycles. The van der Waals surface area contributed by atoms with Crippen LogP contribution in [-0.4, -0.2) is 44.8 Å². The molecule has 10 heteroatoms. The third-order valence-corrected chi connectivity index (χ3v) is 6.21. The third kappa shape index (κ3) is 4.30. The van der Waals surface area contributed by atoms with E-state index in [1.165, 1.54) is 12.6 Å². The predicted molar refractivity (Wildman–Crippen MR) is 126 cm³/mol. The third-order valence-electron chi connectivity index (χ3n) is 6.21. The second kappa shape index (κ2) is 8.77. The molecule has 176 valence electrons. The van der Waals surface area contributed by atoms with E-state index in [9.17, 15) is 4.79 Å². The van der Waals surface area contributed by atoms with E-state index < -0.39 is 0 Å². The maximum Gasteiger partial charge on any atom is 0.261 e. The van der Waals surface area contributed by atoms with E-state index in [0.29, 0.717) is 11.6 Å². The smallest absolute Gasteiger partial charge is 0.261 e. The molecule has 0 atom stereocenters. The first-order valence-corrected chi connectivity index (χ1v) is 11.3. The summed E-state index contributed by atoms with van der Waals surface area (Å²) < 4.78 is 11.6. The summed E-state index contributed by atoms with van der Waals surface area (Å²) in [5.74, 6) is 1.65. The van der Waals surface area contributed by atoms with E-state index in [2.05, 4.69) is 44.2 Å². The van der Waals surface area contributed by atoms with Crippen molar-refractivity contribution in [3.8, 4) is 5.75 Å². The molecule has 1 amide bonds. The zero-order valence-electron chi connectivity index (χ0n) is 19.2. The molecule has 0 radical (unpaired) electrons. The van der Waals surface area contributed by atoms with Crippen LogP contribution in [0.4, 0.5) is 11.4 Å². The number of aromatic nitrogens is 4. The van der Waals surface area contributed by atoms with Gasteiger partial charge in [-0.05, 0) is 38.8 Å². The van der Waals surface area contributed by atoms with Crippen LogP contribution in [0, 0.1) is 0 Å². The van der Waals surface area contributed by atoms with Gasteiger partial charge in [-0.1, -0.05) is 0 Å². The van der Waals surface area contributed by atoms with E-state index in [1.807, 2.05) is 12.1 Å². The molecule has 10 nitrogen and oxygen atoms in total. The van der Waals surface area contributed by atoms with Crippen LogP contribution in [0.5, 0.6) is 5.75 Å². The van der Waals surface area contributed by atoms with Gasteiger partial charge < -0.3 is 25.1 Å². The van der Waals surface area contributed by atoms with E-state index >= 15 is 0 Å². The lowest BCUT2D eigenvalue weighted by Crippen LogP contribution is -2.34. The van der Waals surface area contributed by atoms with Crippen LogP contribution in [0.3, 0.4) is 0 Å². The Morgan fingerprint density at radius 1 is 1.24 bits per heavy atom. The van der Waals surface area contributed by atoms with Crippen molar-refractivity contribution in [1.29, 1.82) is 0 Å². The van der Waals surface area contributed by atoms with Crippen molar-refractivity contribution < 1.29 is 13.9 Å². The molecule has 0 spiro atoms. The molecule has 5 rings (SSSR count). The van der Waals surface area contributed by atoms with Gasteiger partial charge in [0.05, 0.1) is 16.9 Å². The van der Waals surface area contributed by atoms with E-state index in [-0.39, 0.29) is 28.8 Å². The van der Waals surface area contributed by atoms with Crippen LogP contribution in [-0.2, 0) is 11.2 Å². The molecule has 4 heterocycles. The number of anilines is 2. The summed E-state index contributed by atoms with van der Waals surface area (Å²) in [5, 5.41) is 10.9. The van der Waals surface area contributed by atoms with Crippen molar-refractivity contribution in [3.63, 3.8) is 0 Å². The zero-order valence-corrected chi connectivity index (χ0v) is 19.2. The predicted octanol–water partition coefficient (Wildman–Crippen LogP) is 2.90. The number of piperidine rings is 1. The van der Waals surface area contributed by atoms with Crippen molar-refractivity contribution in [2.45, 2.75) is 44.6 Å². The van der Waals surface area contributed by atoms with E-state index in [0.717, 1.165) is 49.4 Å². The lowest BCUT2D eigenvalue weighted by molar-refractivity contribution is -0.111. The SMILES string of the molecule is CC1(C)Cc2cc(NC(=O)C(=CN)c3ncccn3)c(N3CCC(c4nnco4)CC3)cc2O1. The highest BCUT2D eigenvalue weighted by Crippen LogP contribution is 2.43. The molecule has 2 aliphatic heterocycles. The van der Waals surface area contributed by atoms with Crippen molar-refractivity contribution in [2.24, 2.45) is 5.73 Å². The maximum atomic E-state index is 13.2. The fraction of sp³-hybridized carbons (Fsp3) is 0.375. The molecule has 1 aromatic carbocycles. The van der Waals surface area contributed by atoms with Crippen molar-refractivity contribution in [1.82, 2.24) is 20.2 Å². The first kappa shape index (κ1) is 21.9. The van der Waals surface area contributed by atoms with Crippen molar-refractivity contribution in [3.05, 3.63) is 60.5 Å². The molecular weight excluding hydrogens is 434 g/mol. The summed E-state index contributed by atoms with van der Waals surface area (Å²) >= 11 is 0. The van der Waals surface area contributed by atoms with Crippen LogP contribution in [0.2, 0.25) is 0 Å². The van der Waals surface area contributed by atoms with Gasteiger partial charge in [0, 0.05) is 55.7 Å². The normalized spacial score (nSPS) is 17.8. The Morgan fingerprint density at radius 2 is 2.00 bits per heavy atom. The number of carbonyl (C=O) groups excluding carboxylic acids is 1. The minimum absolute atomic E-state index is 0.207. The molecule has 1 fully saturated rings. The lowest BCUT2D eigenvalue weighted by Gasteiger charge is -2.33. The Bertz CT molecular complexity index is 1200. The number of hydrogen-bond acceptors (Lipinski definition) is 9. The van der Waals surface area contributed by atoms with Gasteiger partial charge in [0.15, 0.2) is 5.82 Å². The first-order chi connectivity index (χ1) is 16.4. The molecule has 0 unspecified atom stereocenters. The molecule has 0 bridgehead atoms. The topological polar surface area (TPSA) is 132 Å². The average molecular weight is 462 g/mol. The number of nitrogens with two attached hydrogens (primary N) is 1. The number of amides is 1. The zero-order chi connectivity index (χ0) is 23.7. The highest BCUT2D eigenvalue weighted by molar-refractivity contribution is 6.24. The Kier molecular flexibility index (Phi) is 5.64. The van der Waals surface area contributed by atoms with E-state index in [4.69, 9.17) is 14.9 Å². The molecule has 0 saturated carbocycles. The van der Waals surface area contributed by atoms with Gasteiger partial charge in [-0.3, -0.25) is 4.79 Å². The summed E-state index contributed by atoms with van der Waals surface area (Å²) in [6, 6.07) is 5.72. The number of benzene rings is 1. The summed E-state index contributed by atoms with van der Waals surface area (Å²) in [7, 11) is 0. The van der Waals surface area contributed by atoms with Crippen LogP contribution in [0.25, 0.3) is 5.57 Å². The Balaban J connectivity index is 1.43. The van der Waals surface area contributed by atoms with Crippen LogP contribution in [0.1, 0.15) is 49.9 Å². The standard InChI is InChI=1S/C24H27N7O3/c1-24(2)12-16-10-18(29-22(32)17(13-25)21-26-6-3-7-27-21)19(11-20(16)34-24)31-8-4-15(5-9-31)23-30-28-14-33-23/h3,6-7,10-11,13-15H,4-5,8-9,12,25H2,1-2H3,(H,29,32). The largest absolute Gasteiger partial charge is 0.487 e. The van der Waals surface area contributed by atoms with Gasteiger partial charge >= 0.3 is 0 Å². The summed E-state index contributed by atoms with van der Waals surface area (Å²) in [4.78, 5) is 23.8. The van der Waals surface area contributed by atoms with Crippen molar-refractivity contribution in [2.75, 3.05) is 23.3 Å². The number of hydrogen-bond donors (Lipinski definition) is 2. The maximum absolute atomic E-state index is 13.2. The van der Waals surface area contributed by atoms with Gasteiger partial charge in [0.2, 0.25) is 12.3 Å². The molecule has 0 aliphatic carbocycles. The Morgan fingerprint density at radius 3 is 2.68 bits per heavy atom. The summed E-state index contributed by atoms with van der Waals surface area (Å²) in [6.07, 6.45) is 8.25. The molecule has 34 heavy (non-hydrogen) atoms. The van der Waals surface area contributed by atoms with Gasteiger partial charge in [-0.15, -0.1) is 10.2 Å². The molecule has 3 N–H and O–H groups in total. The van der Waals surface area contributed by atoms with Gasteiger partial charge in [-0.2, -0.15) is 0 Å². The Hall–Kier alpha value is -3.95. The minimum atomic E-state index is -0.367. The van der Waals surface area contributed by atoms with Gasteiger partial charge in [0.1, 0.15) is 11.4 Å². The van der Waals surface area contributed by atoms with E-state index in [1.54, 1.807) is 18.5 Å². The summed E-state index contributed by atoms with van der Waals surface area (Å²) in [5.41, 5.74) is 8.35. The molecule has 3 aromatic rings. The molecule has 2 aromatic heterocycles.